The van der Waals surface area contributed by atoms with Crippen molar-refractivity contribution in [3.05, 3.63) is 28.8 Å². The van der Waals surface area contributed by atoms with Crippen LogP contribution < -0.4 is 4.74 Å². The van der Waals surface area contributed by atoms with Gasteiger partial charge in [-0.2, -0.15) is 0 Å². The molecule has 1 saturated carbocycles. The van der Waals surface area contributed by atoms with Crippen molar-refractivity contribution in [2.24, 2.45) is 11.8 Å². The molecule has 2 rings (SSSR count). The molecule has 0 amide bonds. The molecule has 98 valence electrons. The van der Waals surface area contributed by atoms with Gasteiger partial charge in [0.05, 0.1) is 11.7 Å². The van der Waals surface area contributed by atoms with Gasteiger partial charge in [0.2, 0.25) is 0 Å². The maximum absolute atomic E-state index is 11.0. The van der Waals surface area contributed by atoms with E-state index in [4.69, 9.17) is 16.3 Å². The van der Waals surface area contributed by atoms with Gasteiger partial charge in [0.1, 0.15) is 5.75 Å². The fourth-order valence-corrected chi connectivity index (χ4v) is 3.05. The van der Waals surface area contributed by atoms with E-state index in [0.717, 1.165) is 19.1 Å². The minimum atomic E-state index is 0.212. The molecule has 0 radical (unpaired) electrons. The van der Waals surface area contributed by atoms with Crippen molar-refractivity contribution >= 4 is 17.9 Å². The van der Waals surface area contributed by atoms with Crippen molar-refractivity contribution in [3.8, 4) is 5.75 Å². The number of halogens is 1. The Labute approximate surface area is 113 Å². The number of hydrogen-bond acceptors (Lipinski definition) is 2. The molecule has 1 fully saturated rings. The van der Waals surface area contributed by atoms with E-state index in [1.165, 1.54) is 6.42 Å². The second kappa shape index (κ2) is 5.75. The van der Waals surface area contributed by atoms with Crippen LogP contribution in [0.4, 0.5) is 0 Å². The second-order valence-corrected chi connectivity index (χ2v) is 5.89. The van der Waals surface area contributed by atoms with Crippen LogP contribution in [0, 0.1) is 11.8 Å². The summed E-state index contributed by atoms with van der Waals surface area (Å²) in [6, 6.07) is 5.20. The molecule has 2 atom stereocenters. The summed E-state index contributed by atoms with van der Waals surface area (Å²) in [4.78, 5) is 11.0. The molecule has 0 N–H and O–H groups in total. The van der Waals surface area contributed by atoms with Gasteiger partial charge in [-0.15, -0.1) is 0 Å². The van der Waals surface area contributed by atoms with Gasteiger partial charge in [0.25, 0.3) is 0 Å². The van der Waals surface area contributed by atoms with Crippen molar-refractivity contribution < 1.29 is 9.53 Å². The second-order valence-electron chi connectivity index (χ2n) is 5.46. The molecule has 0 aromatic heterocycles. The van der Waals surface area contributed by atoms with Crippen molar-refractivity contribution in [3.63, 3.8) is 0 Å². The van der Waals surface area contributed by atoms with Crippen LogP contribution >= 0.6 is 11.6 Å². The maximum atomic E-state index is 11.0. The van der Waals surface area contributed by atoms with E-state index in [2.05, 4.69) is 13.8 Å². The lowest BCUT2D eigenvalue weighted by Crippen LogP contribution is -2.28. The molecule has 0 heterocycles. The standard InChI is InChI=1S/C15H19ClO2/c1-10-5-11(2)7-14(6-10)18-15-4-3-13(16)8-12(15)9-17/h3-4,8-11,14H,5-7H2,1-2H3. The number of benzene rings is 1. The quantitative estimate of drug-likeness (QED) is 0.760. The lowest BCUT2D eigenvalue weighted by atomic mass is 9.82. The summed E-state index contributed by atoms with van der Waals surface area (Å²) in [7, 11) is 0. The van der Waals surface area contributed by atoms with Gasteiger partial charge < -0.3 is 4.74 Å². The van der Waals surface area contributed by atoms with E-state index in [1.807, 2.05) is 0 Å². The van der Waals surface area contributed by atoms with E-state index < -0.39 is 0 Å². The van der Waals surface area contributed by atoms with Gasteiger partial charge in [0.15, 0.2) is 6.29 Å². The highest BCUT2D eigenvalue weighted by molar-refractivity contribution is 6.30. The third kappa shape index (κ3) is 3.26. The van der Waals surface area contributed by atoms with Gasteiger partial charge in [0, 0.05) is 5.02 Å². The van der Waals surface area contributed by atoms with Crippen LogP contribution in [0.15, 0.2) is 18.2 Å². The fourth-order valence-electron chi connectivity index (χ4n) is 2.87. The summed E-state index contributed by atoms with van der Waals surface area (Å²) in [5, 5.41) is 0.565. The zero-order valence-corrected chi connectivity index (χ0v) is 11.6. The minimum Gasteiger partial charge on any atom is -0.490 e. The van der Waals surface area contributed by atoms with Crippen LogP contribution in [0.25, 0.3) is 0 Å². The minimum absolute atomic E-state index is 0.212. The Kier molecular flexibility index (Phi) is 4.28. The molecular weight excluding hydrogens is 248 g/mol. The average molecular weight is 267 g/mol. The Morgan fingerprint density at radius 2 is 1.89 bits per heavy atom. The topological polar surface area (TPSA) is 26.3 Å². The monoisotopic (exact) mass is 266 g/mol. The molecule has 0 saturated heterocycles. The number of aldehydes is 1. The van der Waals surface area contributed by atoms with Crippen LogP contribution in [-0.2, 0) is 0 Å². The molecule has 1 aliphatic carbocycles. The SMILES string of the molecule is CC1CC(C)CC(Oc2ccc(Cl)cc2C=O)C1. The summed E-state index contributed by atoms with van der Waals surface area (Å²) in [5.74, 6) is 2.03. The summed E-state index contributed by atoms with van der Waals surface area (Å²) in [5.41, 5.74) is 0.536. The highest BCUT2D eigenvalue weighted by atomic mass is 35.5. The Bertz CT molecular complexity index is 421. The first-order chi connectivity index (χ1) is 8.58. The van der Waals surface area contributed by atoms with Crippen molar-refractivity contribution in [2.45, 2.75) is 39.2 Å². The lowest BCUT2D eigenvalue weighted by molar-refractivity contribution is 0.0980. The number of hydrogen-bond donors (Lipinski definition) is 0. The van der Waals surface area contributed by atoms with Gasteiger partial charge in [-0.05, 0) is 49.3 Å². The van der Waals surface area contributed by atoms with Crippen LogP contribution in [0.2, 0.25) is 5.02 Å². The predicted octanol–water partition coefficient (Wildman–Crippen LogP) is 4.36. The van der Waals surface area contributed by atoms with Crippen LogP contribution in [0.3, 0.4) is 0 Å². The third-order valence-corrected chi connectivity index (χ3v) is 3.76. The highest BCUT2D eigenvalue weighted by Gasteiger charge is 2.25. The molecule has 0 spiro atoms. The molecule has 0 aliphatic heterocycles. The molecule has 2 nitrogen and oxygen atoms in total. The van der Waals surface area contributed by atoms with Crippen LogP contribution in [-0.4, -0.2) is 12.4 Å². The first kappa shape index (κ1) is 13.4. The molecular formula is C15H19ClO2. The molecule has 0 bridgehead atoms. The Balaban J connectivity index is 2.11. The normalized spacial score (nSPS) is 27.8. The van der Waals surface area contributed by atoms with Gasteiger partial charge in [-0.1, -0.05) is 25.4 Å². The Hall–Kier alpha value is -1.02. The number of ether oxygens (including phenoxy) is 1. The fraction of sp³-hybridized carbons (Fsp3) is 0.533. The molecule has 1 aromatic carbocycles. The Morgan fingerprint density at radius 3 is 2.50 bits per heavy atom. The van der Waals surface area contributed by atoms with E-state index in [9.17, 15) is 4.79 Å². The third-order valence-electron chi connectivity index (χ3n) is 3.53. The lowest BCUT2D eigenvalue weighted by Gasteiger charge is -2.32. The Morgan fingerprint density at radius 1 is 1.22 bits per heavy atom. The largest absolute Gasteiger partial charge is 0.490 e. The predicted molar refractivity (Wildman–Crippen MR) is 73.4 cm³/mol. The van der Waals surface area contributed by atoms with Crippen LogP contribution in [0.1, 0.15) is 43.5 Å². The van der Waals surface area contributed by atoms with E-state index in [0.29, 0.717) is 28.2 Å². The number of carbonyl (C=O) groups is 1. The zero-order valence-electron chi connectivity index (χ0n) is 10.9. The van der Waals surface area contributed by atoms with Crippen molar-refractivity contribution in [2.75, 3.05) is 0 Å². The number of rotatable bonds is 3. The summed E-state index contributed by atoms with van der Waals surface area (Å²) >= 11 is 5.87. The van der Waals surface area contributed by atoms with Gasteiger partial charge in [-0.3, -0.25) is 4.79 Å². The molecule has 3 heteroatoms. The van der Waals surface area contributed by atoms with E-state index >= 15 is 0 Å². The maximum Gasteiger partial charge on any atom is 0.153 e. The molecule has 1 aliphatic rings. The zero-order chi connectivity index (χ0) is 13.1. The first-order valence-corrected chi connectivity index (χ1v) is 6.87. The van der Waals surface area contributed by atoms with Gasteiger partial charge in [-0.25, -0.2) is 0 Å². The number of carbonyl (C=O) groups excluding carboxylic acids is 1. The van der Waals surface area contributed by atoms with E-state index in [1.54, 1.807) is 18.2 Å². The summed E-state index contributed by atoms with van der Waals surface area (Å²) < 4.78 is 5.98. The van der Waals surface area contributed by atoms with E-state index in [-0.39, 0.29) is 6.10 Å². The first-order valence-electron chi connectivity index (χ1n) is 6.50. The molecule has 2 unspecified atom stereocenters. The van der Waals surface area contributed by atoms with Crippen LogP contribution in [0.5, 0.6) is 5.75 Å². The average Bonchev–Trinajstić information content (AvgIpc) is 2.30. The van der Waals surface area contributed by atoms with Crippen molar-refractivity contribution in [1.82, 2.24) is 0 Å². The van der Waals surface area contributed by atoms with Crippen molar-refractivity contribution in [1.29, 1.82) is 0 Å². The summed E-state index contributed by atoms with van der Waals surface area (Å²) in [6.45, 7) is 4.52. The molecule has 18 heavy (non-hydrogen) atoms. The van der Waals surface area contributed by atoms with Gasteiger partial charge >= 0.3 is 0 Å². The summed E-state index contributed by atoms with van der Waals surface area (Å²) in [6.07, 6.45) is 4.40. The smallest absolute Gasteiger partial charge is 0.153 e. The molecule has 1 aromatic rings. The highest BCUT2D eigenvalue weighted by Crippen LogP contribution is 2.32.